The van der Waals surface area contributed by atoms with Crippen molar-refractivity contribution in [1.29, 1.82) is 0 Å². The second kappa shape index (κ2) is 6.83. The van der Waals surface area contributed by atoms with Gasteiger partial charge in [0.05, 0.1) is 17.1 Å². The molecule has 2 rings (SSSR count). The van der Waals surface area contributed by atoms with Crippen LogP contribution in [0.15, 0.2) is 12.1 Å². The fourth-order valence-corrected chi connectivity index (χ4v) is 2.30. The van der Waals surface area contributed by atoms with Gasteiger partial charge >= 0.3 is 0 Å². The summed E-state index contributed by atoms with van der Waals surface area (Å²) in [7, 11) is 2.12. The Kier molecular flexibility index (Phi) is 5.11. The molecule has 0 bridgehead atoms. The van der Waals surface area contributed by atoms with Gasteiger partial charge < -0.3 is 10.2 Å². The van der Waals surface area contributed by atoms with Crippen molar-refractivity contribution < 1.29 is 4.92 Å². The van der Waals surface area contributed by atoms with Gasteiger partial charge in [-0.05, 0) is 7.05 Å². The molecule has 1 aromatic heterocycles. The number of pyridine rings is 1. The fourth-order valence-electron chi connectivity index (χ4n) is 2.09. The van der Waals surface area contributed by atoms with E-state index < -0.39 is 4.92 Å². The van der Waals surface area contributed by atoms with Crippen molar-refractivity contribution in [1.82, 2.24) is 14.8 Å². The molecule has 0 aromatic carbocycles. The van der Waals surface area contributed by atoms with Crippen LogP contribution in [0.2, 0.25) is 5.15 Å². The first-order chi connectivity index (χ1) is 9.54. The van der Waals surface area contributed by atoms with Crippen molar-refractivity contribution in [2.24, 2.45) is 0 Å². The van der Waals surface area contributed by atoms with E-state index in [-0.39, 0.29) is 10.8 Å². The third kappa shape index (κ3) is 4.29. The number of anilines is 1. The van der Waals surface area contributed by atoms with E-state index in [1.165, 1.54) is 12.1 Å². The Balaban J connectivity index is 1.83. The third-order valence-corrected chi connectivity index (χ3v) is 3.51. The maximum atomic E-state index is 10.7. The highest BCUT2D eigenvalue weighted by Crippen LogP contribution is 2.20. The van der Waals surface area contributed by atoms with Crippen LogP contribution in [0.25, 0.3) is 0 Å². The van der Waals surface area contributed by atoms with Crippen molar-refractivity contribution in [2.75, 3.05) is 51.6 Å². The highest BCUT2D eigenvalue weighted by Gasteiger charge is 2.14. The van der Waals surface area contributed by atoms with E-state index >= 15 is 0 Å². The second-order valence-electron chi connectivity index (χ2n) is 4.86. The summed E-state index contributed by atoms with van der Waals surface area (Å²) in [6.07, 6.45) is 0. The van der Waals surface area contributed by atoms with Gasteiger partial charge in [-0.2, -0.15) is 0 Å². The highest BCUT2D eigenvalue weighted by molar-refractivity contribution is 6.29. The van der Waals surface area contributed by atoms with Crippen LogP contribution in [-0.2, 0) is 0 Å². The molecule has 0 aliphatic carbocycles. The largest absolute Gasteiger partial charge is 0.369 e. The van der Waals surface area contributed by atoms with Crippen molar-refractivity contribution in [3.8, 4) is 0 Å². The van der Waals surface area contributed by atoms with E-state index in [1.807, 2.05) is 0 Å². The number of rotatable bonds is 5. The average Bonchev–Trinajstić information content (AvgIpc) is 2.40. The van der Waals surface area contributed by atoms with Gasteiger partial charge in [-0.25, -0.2) is 4.98 Å². The quantitative estimate of drug-likeness (QED) is 0.502. The molecule has 20 heavy (non-hydrogen) atoms. The zero-order valence-corrected chi connectivity index (χ0v) is 12.1. The van der Waals surface area contributed by atoms with Crippen LogP contribution in [0.5, 0.6) is 0 Å². The van der Waals surface area contributed by atoms with Gasteiger partial charge in [-0.3, -0.25) is 15.0 Å². The highest BCUT2D eigenvalue weighted by atomic mass is 35.5. The van der Waals surface area contributed by atoms with Gasteiger partial charge in [0.15, 0.2) is 0 Å². The van der Waals surface area contributed by atoms with E-state index in [9.17, 15) is 10.1 Å². The zero-order valence-electron chi connectivity index (χ0n) is 11.4. The third-order valence-electron chi connectivity index (χ3n) is 3.32. The summed E-state index contributed by atoms with van der Waals surface area (Å²) in [5.74, 6) is 0.443. The fraction of sp³-hybridized carbons (Fsp3) is 0.583. The number of nitrogens with zero attached hydrogens (tertiary/aromatic N) is 4. The number of likely N-dealkylation sites (N-methyl/N-ethyl adjacent to an activating group) is 1. The van der Waals surface area contributed by atoms with Gasteiger partial charge in [0.1, 0.15) is 11.0 Å². The average molecular weight is 300 g/mol. The first kappa shape index (κ1) is 15.0. The van der Waals surface area contributed by atoms with E-state index in [1.54, 1.807) is 0 Å². The van der Waals surface area contributed by atoms with E-state index in [0.717, 1.165) is 32.7 Å². The van der Waals surface area contributed by atoms with Crippen LogP contribution < -0.4 is 5.32 Å². The van der Waals surface area contributed by atoms with Gasteiger partial charge in [-0.15, -0.1) is 0 Å². The molecule has 0 amide bonds. The molecule has 0 spiro atoms. The summed E-state index contributed by atoms with van der Waals surface area (Å²) in [6, 6.07) is 2.64. The van der Waals surface area contributed by atoms with Crippen molar-refractivity contribution in [2.45, 2.75) is 0 Å². The Bertz CT molecular complexity index is 477. The lowest BCUT2D eigenvalue weighted by Gasteiger charge is -2.32. The Labute approximate surface area is 122 Å². The minimum Gasteiger partial charge on any atom is -0.369 e. The summed E-state index contributed by atoms with van der Waals surface area (Å²) in [6.45, 7) is 5.80. The molecule has 1 aromatic rings. The normalized spacial score (nSPS) is 17.1. The number of nitrogens with one attached hydrogen (secondary N) is 1. The lowest BCUT2D eigenvalue weighted by molar-refractivity contribution is -0.384. The topological polar surface area (TPSA) is 74.5 Å². The van der Waals surface area contributed by atoms with Gasteiger partial charge in [0.2, 0.25) is 0 Å². The number of piperazine rings is 1. The first-order valence-electron chi connectivity index (χ1n) is 6.51. The first-order valence-corrected chi connectivity index (χ1v) is 6.89. The molecule has 0 unspecified atom stereocenters. The molecule has 1 N–H and O–H groups in total. The number of hydrogen-bond donors (Lipinski definition) is 1. The summed E-state index contributed by atoms with van der Waals surface area (Å²) in [5.41, 5.74) is -0.0490. The monoisotopic (exact) mass is 299 g/mol. The predicted octanol–water partition coefficient (Wildman–Crippen LogP) is 1.30. The molecule has 8 heteroatoms. The molecule has 1 fully saturated rings. The van der Waals surface area contributed by atoms with Gasteiger partial charge in [0.25, 0.3) is 5.69 Å². The van der Waals surface area contributed by atoms with Crippen molar-refractivity contribution in [3.05, 3.63) is 27.4 Å². The van der Waals surface area contributed by atoms with Crippen molar-refractivity contribution in [3.63, 3.8) is 0 Å². The standard InChI is InChI=1S/C12H18ClN5O2/c1-16-4-6-17(7-5-16)3-2-14-12-9-10(18(19)20)8-11(13)15-12/h8-9H,2-7H2,1H3,(H,14,15). The van der Waals surface area contributed by atoms with Gasteiger partial charge in [-0.1, -0.05) is 11.6 Å². The predicted molar refractivity (Wildman–Crippen MR) is 78.3 cm³/mol. The molecule has 0 saturated carbocycles. The Morgan fingerprint density at radius 2 is 2.10 bits per heavy atom. The lowest BCUT2D eigenvalue weighted by Crippen LogP contribution is -2.45. The Morgan fingerprint density at radius 1 is 1.40 bits per heavy atom. The van der Waals surface area contributed by atoms with Crippen LogP contribution in [0, 0.1) is 10.1 Å². The summed E-state index contributed by atoms with van der Waals surface area (Å²) in [5, 5.41) is 13.9. The molecule has 110 valence electrons. The molecule has 0 radical (unpaired) electrons. The van der Waals surface area contributed by atoms with E-state index in [2.05, 4.69) is 27.1 Å². The molecule has 1 aliphatic heterocycles. The molecular formula is C12H18ClN5O2. The molecule has 7 nitrogen and oxygen atoms in total. The van der Waals surface area contributed by atoms with E-state index in [4.69, 9.17) is 11.6 Å². The van der Waals surface area contributed by atoms with Crippen LogP contribution >= 0.6 is 11.6 Å². The minimum atomic E-state index is -0.473. The van der Waals surface area contributed by atoms with Crippen LogP contribution in [-0.4, -0.2) is 66.0 Å². The summed E-state index contributed by atoms with van der Waals surface area (Å²) < 4.78 is 0. The van der Waals surface area contributed by atoms with Gasteiger partial charge in [0, 0.05) is 39.3 Å². The Morgan fingerprint density at radius 3 is 2.75 bits per heavy atom. The molecular weight excluding hydrogens is 282 g/mol. The summed E-state index contributed by atoms with van der Waals surface area (Å²) >= 11 is 5.77. The second-order valence-corrected chi connectivity index (χ2v) is 5.25. The molecule has 1 saturated heterocycles. The number of hydrogen-bond acceptors (Lipinski definition) is 6. The van der Waals surface area contributed by atoms with Crippen LogP contribution in [0.3, 0.4) is 0 Å². The summed E-state index contributed by atoms with van der Waals surface area (Å²) in [4.78, 5) is 18.9. The number of aromatic nitrogens is 1. The number of nitro groups is 1. The van der Waals surface area contributed by atoms with Crippen LogP contribution in [0.4, 0.5) is 11.5 Å². The maximum absolute atomic E-state index is 10.7. The van der Waals surface area contributed by atoms with Crippen LogP contribution in [0.1, 0.15) is 0 Å². The lowest BCUT2D eigenvalue weighted by atomic mass is 10.3. The van der Waals surface area contributed by atoms with E-state index in [0.29, 0.717) is 12.4 Å². The molecule has 2 heterocycles. The Hall–Kier alpha value is -1.44. The van der Waals surface area contributed by atoms with Crippen molar-refractivity contribution >= 4 is 23.1 Å². The smallest absolute Gasteiger partial charge is 0.276 e. The SMILES string of the molecule is CN1CCN(CCNc2cc([N+](=O)[O-])cc(Cl)n2)CC1. The zero-order chi connectivity index (χ0) is 14.5. The maximum Gasteiger partial charge on any atom is 0.276 e. The molecule has 0 atom stereocenters. The minimum absolute atomic E-state index is 0.0490. The number of halogens is 1. The molecule has 1 aliphatic rings.